The normalized spacial score (nSPS) is 12.3. The molecule has 112 valence electrons. The third-order valence-electron chi connectivity index (χ3n) is 2.72. The average molecular weight is 346 g/mol. The van der Waals surface area contributed by atoms with Gasteiger partial charge in [0.1, 0.15) is 11.0 Å². The topological polar surface area (TPSA) is 73.2 Å². The standard InChI is InChI=1S/C13H20BrN3O3/c1-8(2)5-9(3)16-10-6-15-17(7-11(18)20-4)13(19)12(10)14/h6,8-9,16H,5,7H2,1-4H3. The zero-order chi connectivity index (χ0) is 15.3. The Bertz CT molecular complexity index is 528. The summed E-state index contributed by atoms with van der Waals surface area (Å²) in [6, 6.07) is 0.226. The van der Waals surface area contributed by atoms with Crippen LogP contribution in [0.15, 0.2) is 15.5 Å². The van der Waals surface area contributed by atoms with Gasteiger partial charge in [-0.25, -0.2) is 4.68 Å². The molecule has 1 rings (SSSR count). The van der Waals surface area contributed by atoms with E-state index in [4.69, 9.17) is 0 Å². The molecule has 0 aliphatic rings. The Morgan fingerprint density at radius 1 is 1.50 bits per heavy atom. The Balaban J connectivity index is 2.89. The van der Waals surface area contributed by atoms with Gasteiger partial charge in [0.05, 0.1) is 19.0 Å². The molecule has 0 aliphatic carbocycles. The minimum Gasteiger partial charge on any atom is -0.468 e. The van der Waals surface area contributed by atoms with E-state index < -0.39 is 5.97 Å². The van der Waals surface area contributed by atoms with Crippen LogP contribution in [0.25, 0.3) is 0 Å². The highest BCUT2D eigenvalue weighted by Gasteiger charge is 2.13. The van der Waals surface area contributed by atoms with E-state index in [9.17, 15) is 9.59 Å². The van der Waals surface area contributed by atoms with Crippen molar-refractivity contribution in [3.05, 3.63) is 21.0 Å². The van der Waals surface area contributed by atoms with Gasteiger partial charge in [-0.05, 0) is 35.2 Å². The summed E-state index contributed by atoms with van der Waals surface area (Å²) < 4.78 is 5.95. The van der Waals surface area contributed by atoms with Crippen LogP contribution < -0.4 is 10.9 Å². The van der Waals surface area contributed by atoms with Crippen LogP contribution in [0.2, 0.25) is 0 Å². The Hall–Kier alpha value is -1.37. The molecule has 0 saturated carbocycles. The number of anilines is 1. The van der Waals surface area contributed by atoms with Gasteiger partial charge < -0.3 is 10.1 Å². The van der Waals surface area contributed by atoms with E-state index in [-0.39, 0.29) is 18.1 Å². The molecule has 1 atom stereocenters. The molecule has 7 heteroatoms. The van der Waals surface area contributed by atoms with E-state index in [0.29, 0.717) is 16.1 Å². The fraction of sp³-hybridized carbons (Fsp3) is 0.615. The summed E-state index contributed by atoms with van der Waals surface area (Å²) in [7, 11) is 1.27. The molecule has 0 bridgehead atoms. The number of ether oxygens (including phenoxy) is 1. The first-order valence-electron chi connectivity index (χ1n) is 6.44. The summed E-state index contributed by atoms with van der Waals surface area (Å²) >= 11 is 3.25. The second kappa shape index (κ2) is 7.42. The summed E-state index contributed by atoms with van der Waals surface area (Å²) in [5.74, 6) is 0.0457. The number of carbonyl (C=O) groups excluding carboxylic acids is 1. The average Bonchev–Trinajstić information content (AvgIpc) is 2.37. The van der Waals surface area contributed by atoms with Crippen LogP contribution >= 0.6 is 15.9 Å². The first kappa shape index (κ1) is 16.7. The van der Waals surface area contributed by atoms with Crippen molar-refractivity contribution in [1.29, 1.82) is 0 Å². The maximum Gasteiger partial charge on any atom is 0.327 e. The molecule has 1 heterocycles. The third kappa shape index (κ3) is 4.63. The number of halogens is 1. The van der Waals surface area contributed by atoms with Gasteiger partial charge in [-0.1, -0.05) is 13.8 Å². The lowest BCUT2D eigenvalue weighted by Gasteiger charge is -2.18. The van der Waals surface area contributed by atoms with Crippen molar-refractivity contribution < 1.29 is 9.53 Å². The summed E-state index contributed by atoms with van der Waals surface area (Å²) in [5.41, 5.74) is 0.265. The minimum absolute atomic E-state index is 0.199. The number of nitrogens with zero attached hydrogens (tertiary/aromatic N) is 2. The molecule has 20 heavy (non-hydrogen) atoms. The molecule has 0 spiro atoms. The molecule has 0 aromatic carbocycles. The lowest BCUT2D eigenvalue weighted by Crippen LogP contribution is -2.29. The van der Waals surface area contributed by atoms with E-state index in [0.717, 1.165) is 11.1 Å². The lowest BCUT2D eigenvalue weighted by molar-refractivity contribution is -0.141. The van der Waals surface area contributed by atoms with E-state index in [2.05, 4.69) is 44.9 Å². The number of carbonyl (C=O) groups is 1. The van der Waals surface area contributed by atoms with Crippen molar-refractivity contribution in [1.82, 2.24) is 9.78 Å². The number of methoxy groups -OCH3 is 1. The summed E-state index contributed by atoms with van der Waals surface area (Å²) in [4.78, 5) is 23.2. The SMILES string of the molecule is COC(=O)Cn1ncc(NC(C)CC(C)C)c(Br)c1=O. The maximum atomic E-state index is 12.1. The second-order valence-electron chi connectivity index (χ2n) is 5.09. The molecular formula is C13H20BrN3O3. The summed E-state index contributed by atoms with van der Waals surface area (Å²) in [5, 5.41) is 7.21. The van der Waals surface area contributed by atoms with Crippen molar-refractivity contribution in [2.24, 2.45) is 5.92 Å². The van der Waals surface area contributed by atoms with E-state index >= 15 is 0 Å². The van der Waals surface area contributed by atoms with Crippen LogP contribution in [0.3, 0.4) is 0 Å². The van der Waals surface area contributed by atoms with Gasteiger partial charge in [0.15, 0.2) is 0 Å². The van der Waals surface area contributed by atoms with Gasteiger partial charge >= 0.3 is 5.97 Å². The molecule has 0 amide bonds. The fourth-order valence-corrected chi connectivity index (χ4v) is 2.32. The molecule has 1 aromatic rings. The molecule has 0 fully saturated rings. The van der Waals surface area contributed by atoms with Crippen LogP contribution in [0.1, 0.15) is 27.2 Å². The van der Waals surface area contributed by atoms with Gasteiger partial charge in [0.2, 0.25) is 0 Å². The Kier molecular flexibility index (Phi) is 6.19. The monoisotopic (exact) mass is 345 g/mol. The zero-order valence-electron chi connectivity index (χ0n) is 12.1. The van der Waals surface area contributed by atoms with Crippen molar-refractivity contribution in [2.45, 2.75) is 39.8 Å². The molecule has 1 aromatic heterocycles. The Morgan fingerprint density at radius 2 is 2.15 bits per heavy atom. The highest BCUT2D eigenvalue weighted by Crippen LogP contribution is 2.19. The van der Waals surface area contributed by atoms with Gasteiger partial charge in [-0.15, -0.1) is 0 Å². The number of rotatable bonds is 6. The van der Waals surface area contributed by atoms with E-state index in [1.165, 1.54) is 13.3 Å². The number of esters is 1. The molecule has 6 nitrogen and oxygen atoms in total. The molecule has 1 unspecified atom stereocenters. The Labute approximate surface area is 126 Å². The van der Waals surface area contributed by atoms with Crippen molar-refractivity contribution in [3.8, 4) is 0 Å². The first-order valence-corrected chi connectivity index (χ1v) is 7.23. The van der Waals surface area contributed by atoms with Gasteiger partial charge in [0, 0.05) is 6.04 Å². The van der Waals surface area contributed by atoms with Crippen LogP contribution in [0.4, 0.5) is 5.69 Å². The van der Waals surface area contributed by atoms with Gasteiger partial charge in [0.25, 0.3) is 5.56 Å². The van der Waals surface area contributed by atoms with Crippen LogP contribution in [0.5, 0.6) is 0 Å². The molecule has 0 radical (unpaired) electrons. The molecule has 0 saturated heterocycles. The van der Waals surface area contributed by atoms with Crippen LogP contribution in [-0.2, 0) is 16.1 Å². The van der Waals surface area contributed by atoms with Crippen molar-refractivity contribution >= 4 is 27.6 Å². The van der Waals surface area contributed by atoms with Crippen molar-refractivity contribution in [2.75, 3.05) is 12.4 Å². The lowest BCUT2D eigenvalue weighted by atomic mass is 10.1. The van der Waals surface area contributed by atoms with Crippen LogP contribution in [0, 0.1) is 5.92 Å². The fourth-order valence-electron chi connectivity index (χ4n) is 1.90. The van der Waals surface area contributed by atoms with Gasteiger partial charge in [-0.2, -0.15) is 5.10 Å². The number of hydrogen-bond acceptors (Lipinski definition) is 5. The van der Waals surface area contributed by atoms with E-state index in [1.54, 1.807) is 0 Å². The third-order valence-corrected chi connectivity index (χ3v) is 3.48. The van der Waals surface area contributed by atoms with Crippen molar-refractivity contribution in [3.63, 3.8) is 0 Å². The Morgan fingerprint density at radius 3 is 2.70 bits per heavy atom. The highest BCUT2D eigenvalue weighted by atomic mass is 79.9. The predicted molar refractivity (Wildman–Crippen MR) is 80.8 cm³/mol. The zero-order valence-corrected chi connectivity index (χ0v) is 13.7. The molecular weight excluding hydrogens is 326 g/mol. The van der Waals surface area contributed by atoms with Crippen LogP contribution in [-0.4, -0.2) is 28.9 Å². The number of aromatic nitrogens is 2. The minimum atomic E-state index is -0.514. The van der Waals surface area contributed by atoms with E-state index in [1.807, 2.05) is 6.92 Å². The smallest absolute Gasteiger partial charge is 0.327 e. The maximum absolute atomic E-state index is 12.1. The molecule has 0 aliphatic heterocycles. The largest absolute Gasteiger partial charge is 0.468 e. The first-order chi connectivity index (χ1) is 9.35. The molecule has 1 N–H and O–H groups in total. The predicted octanol–water partition coefficient (Wildman–Crippen LogP) is 2.03. The highest BCUT2D eigenvalue weighted by molar-refractivity contribution is 9.10. The summed E-state index contributed by atoms with van der Waals surface area (Å²) in [6.07, 6.45) is 2.52. The van der Waals surface area contributed by atoms with Gasteiger partial charge in [-0.3, -0.25) is 9.59 Å². The number of nitrogens with one attached hydrogen (secondary N) is 1. The quantitative estimate of drug-likeness (QED) is 0.798. The second-order valence-corrected chi connectivity index (χ2v) is 5.88. The summed E-state index contributed by atoms with van der Waals surface area (Å²) in [6.45, 7) is 6.13. The number of hydrogen-bond donors (Lipinski definition) is 1.